The number of nitriles is 1. The van der Waals surface area contributed by atoms with Gasteiger partial charge in [0.2, 0.25) is 0 Å². The van der Waals surface area contributed by atoms with E-state index in [1.54, 1.807) is 0 Å². The molecule has 0 bridgehead atoms. The lowest BCUT2D eigenvalue weighted by molar-refractivity contribution is -0.910. The van der Waals surface area contributed by atoms with Crippen LogP contribution >= 0.6 is 0 Å². The Bertz CT molecular complexity index is 165. The SMILES string of the molecule is CCCC[N+](C)(CCCC)CCCC.N#C[S-]. The van der Waals surface area contributed by atoms with Crippen molar-refractivity contribution in [2.75, 3.05) is 26.7 Å². The molecule has 2 nitrogen and oxygen atoms in total. The molecule has 0 radical (unpaired) electrons. The largest absolute Gasteiger partial charge is 0.696 e. The van der Waals surface area contributed by atoms with Crippen LogP contribution in [0.3, 0.4) is 0 Å². The Balaban J connectivity index is 0. The molecule has 0 saturated heterocycles. The number of thiocyanates is 1. The third-order valence-corrected chi connectivity index (χ3v) is 3.15. The fourth-order valence-electron chi connectivity index (χ4n) is 1.95. The van der Waals surface area contributed by atoms with Gasteiger partial charge in [-0.1, -0.05) is 45.4 Å². The Morgan fingerprint density at radius 3 is 1.29 bits per heavy atom. The van der Waals surface area contributed by atoms with Gasteiger partial charge in [0.05, 0.1) is 26.7 Å². The predicted octanol–water partition coefficient (Wildman–Crippen LogP) is 3.85. The van der Waals surface area contributed by atoms with E-state index in [-0.39, 0.29) is 0 Å². The van der Waals surface area contributed by atoms with E-state index in [1.165, 1.54) is 68.0 Å². The van der Waals surface area contributed by atoms with Gasteiger partial charge in [0.15, 0.2) is 0 Å². The Kier molecular flexibility index (Phi) is 15.4. The molecule has 0 aliphatic rings. The maximum Gasteiger partial charge on any atom is 0.0784 e. The molecular formula is C14H30N2S. The lowest BCUT2D eigenvalue weighted by Gasteiger charge is -2.34. The second-order valence-corrected chi connectivity index (χ2v) is 5.12. The molecule has 17 heavy (non-hydrogen) atoms. The standard InChI is InChI=1S/C13H30N.CHNS/c1-5-8-11-14(4,12-9-6-2)13-10-7-3;2-1-3/h5-13H2,1-4H3;3H/q+1;/p-1. The summed E-state index contributed by atoms with van der Waals surface area (Å²) in [5, 5.41) is 8.47. The zero-order valence-corrected chi connectivity index (χ0v) is 13.0. The number of quaternary nitrogens is 1. The van der Waals surface area contributed by atoms with E-state index in [0.717, 1.165) is 0 Å². The fraction of sp³-hybridized carbons (Fsp3) is 0.929. The highest BCUT2D eigenvalue weighted by Gasteiger charge is 2.18. The van der Waals surface area contributed by atoms with E-state index >= 15 is 0 Å². The predicted molar refractivity (Wildman–Crippen MR) is 78.5 cm³/mol. The first-order chi connectivity index (χ1) is 8.10. The van der Waals surface area contributed by atoms with Crippen LogP contribution in [0.25, 0.3) is 0 Å². The van der Waals surface area contributed by atoms with Crippen molar-refractivity contribution in [3.8, 4) is 5.40 Å². The second kappa shape index (κ2) is 13.7. The molecule has 0 aromatic rings. The number of hydrogen-bond acceptors (Lipinski definition) is 2. The monoisotopic (exact) mass is 258 g/mol. The lowest BCUT2D eigenvalue weighted by Crippen LogP contribution is -2.46. The average molecular weight is 258 g/mol. The summed E-state index contributed by atoms with van der Waals surface area (Å²) in [7, 11) is 2.45. The van der Waals surface area contributed by atoms with Gasteiger partial charge in [0.25, 0.3) is 0 Å². The highest BCUT2D eigenvalue weighted by Crippen LogP contribution is 2.10. The molecule has 0 aliphatic carbocycles. The summed E-state index contributed by atoms with van der Waals surface area (Å²) >= 11 is 3.70. The minimum atomic E-state index is 1.32. The fourth-order valence-corrected chi connectivity index (χ4v) is 1.95. The Labute approximate surface area is 114 Å². The van der Waals surface area contributed by atoms with E-state index in [4.69, 9.17) is 5.26 Å². The van der Waals surface area contributed by atoms with E-state index in [0.29, 0.717) is 0 Å². The number of rotatable bonds is 9. The van der Waals surface area contributed by atoms with Gasteiger partial charge in [-0.3, -0.25) is 0 Å². The Morgan fingerprint density at radius 2 is 1.12 bits per heavy atom. The number of hydrogen-bond donors (Lipinski definition) is 0. The van der Waals surface area contributed by atoms with Gasteiger partial charge in [0, 0.05) is 0 Å². The molecule has 102 valence electrons. The molecule has 0 N–H and O–H groups in total. The highest BCUT2D eigenvalue weighted by molar-refractivity contribution is 7.64. The van der Waals surface area contributed by atoms with E-state index in [1.807, 2.05) is 0 Å². The first-order valence-electron chi connectivity index (χ1n) is 6.94. The maximum atomic E-state index is 7.13. The molecule has 0 amide bonds. The molecule has 0 heterocycles. The smallest absolute Gasteiger partial charge is 0.0784 e. The van der Waals surface area contributed by atoms with Crippen molar-refractivity contribution in [1.29, 1.82) is 5.26 Å². The second-order valence-electron chi connectivity index (χ2n) is 4.94. The summed E-state index contributed by atoms with van der Waals surface area (Å²) in [6.07, 6.45) is 8.20. The Morgan fingerprint density at radius 1 is 0.882 bits per heavy atom. The third kappa shape index (κ3) is 13.6. The van der Waals surface area contributed by atoms with Crippen LogP contribution in [0.4, 0.5) is 0 Å². The van der Waals surface area contributed by atoms with Gasteiger partial charge in [-0.2, -0.15) is 0 Å². The molecule has 3 heteroatoms. The van der Waals surface area contributed by atoms with Crippen molar-refractivity contribution in [2.24, 2.45) is 0 Å². The van der Waals surface area contributed by atoms with Crippen molar-refractivity contribution in [3.63, 3.8) is 0 Å². The van der Waals surface area contributed by atoms with Crippen LogP contribution in [0, 0.1) is 10.7 Å². The number of nitrogens with zero attached hydrogens (tertiary/aromatic N) is 2. The van der Waals surface area contributed by atoms with Crippen molar-refractivity contribution in [2.45, 2.75) is 59.3 Å². The van der Waals surface area contributed by atoms with Crippen molar-refractivity contribution < 1.29 is 4.48 Å². The Hall–Kier alpha value is -0.330. The summed E-state index contributed by atoms with van der Waals surface area (Å²) in [5.41, 5.74) is 0. The van der Waals surface area contributed by atoms with Crippen LogP contribution in [0.5, 0.6) is 0 Å². The van der Waals surface area contributed by atoms with Gasteiger partial charge in [-0.05, 0) is 19.3 Å². The normalized spacial score (nSPS) is 10.3. The van der Waals surface area contributed by atoms with E-state index in [9.17, 15) is 0 Å². The van der Waals surface area contributed by atoms with Crippen LogP contribution < -0.4 is 0 Å². The van der Waals surface area contributed by atoms with E-state index < -0.39 is 0 Å². The lowest BCUT2D eigenvalue weighted by atomic mass is 10.2. The molecule has 0 aromatic heterocycles. The topological polar surface area (TPSA) is 23.8 Å². The van der Waals surface area contributed by atoms with Gasteiger partial charge in [-0.15, -0.1) is 0 Å². The van der Waals surface area contributed by atoms with Gasteiger partial charge in [0.1, 0.15) is 0 Å². The molecule has 0 saturated carbocycles. The third-order valence-electron chi connectivity index (χ3n) is 3.15. The highest BCUT2D eigenvalue weighted by atomic mass is 32.1. The van der Waals surface area contributed by atoms with Crippen molar-refractivity contribution in [3.05, 3.63) is 0 Å². The van der Waals surface area contributed by atoms with Crippen molar-refractivity contribution >= 4 is 12.6 Å². The summed E-state index contributed by atoms with van der Waals surface area (Å²) in [5.74, 6) is 0. The van der Waals surface area contributed by atoms with E-state index in [2.05, 4.69) is 40.4 Å². The first-order valence-corrected chi connectivity index (χ1v) is 7.35. The molecule has 0 aliphatic heterocycles. The molecule has 0 fully saturated rings. The maximum absolute atomic E-state index is 7.13. The van der Waals surface area contributed by atoms with Crippen molar-refractivity contribution in [1.82, 2.24) is 0 Å². The molecule has 0 atom stereocenters. The molecular weight excluding hydrogens is 228 g/mol. The summed E-state index contributed by atoms with van der Waals surface area (Å²) < 4.78 is 1.32. The summed E-state index contributed by atoms with van der Waals surface area (Å²) in [4.78, 5) is 0. The summed E-state index contributed by atoms with van der Waals surface area (Å²) in [6, 6.07) is 0. The minimum Gasteiger partial charge on any atom is -0.696 e. The molecule has 0 aromatic carbocycles. The van der Waals surface area contributed by atoms with Gasteiger partial charge >= 0.3 is 0 Å². The van der Waals surface area contributed by atoms with Crippen LogP contribution in [0.1, 0.15) is 59.3 Å². The van der Waals surface area contributed by atoms with Gasteiger partial charge in [-0.25, -0.2) is 5.26 Å². The zero-order valence-electron chi connectivity index (χ0n) is 12.2. The van der Waals surface area contributed by atoms with Crippen LogP contribution in [0.15, 0.2) is 0 Å². The minimum absolute atomic E-state index is 1.32. The quantitative estimate of drug-likeness (QED) is 0.356. The van der Waals surface area contributed by atoms with Gasteiger partial charge < -0.3 is 17.1 Å². The zero-order chi connectivity index (χ0) is 13.6. The van der Waals surface area contributed by atoms with Crippen LogP contribution in [-0.4, -0.2) is 31.2 Å². The van der Waals surface area contributed by atoms with Crippen LogP contribution in [0.2, 0.25) is 0 Å². The summed E-state index contributed by atoms with van der Waals surface area (Å²) in [6.45, 7) is 11.0. The molecule has 0 unspecified atom stereocenters. The number of unbranched alkanes of at least 4 members (excludes halogenated alkanes) is 3. The first kappa shape index (κ1) is 19.0. The average Bonchev–Trinajstić information content (AvgIpc) is 2.33. The molecule has 0 rings (SSSR count). The molecule has 0 spiro atoms. The van der Waals surface area contributed by atoms with Crippen LogP contribution in [-0.2, 0) is 12.6 Å².